The van der Waals surface area contributed by atoms with E-state index in [9.17, 15) is 5.11 Å². The summed E-state index contributed by atoms with van der Waals surface area (Å²) >= 11 is 5.45. The van der Waals surface area contributed by atoms with Crippen molar-refractivity contribution in [2.24, 2.45) is 4.99 Å². The van der Waals surface area contributed by atoms with E-state index in [1.165, 1.54) is 0 Å². The lowest BCUT2D eigenvalue weighted by molar-refractivity contribution is 0.398. The third-order valence-corrected chi connectivity index (χ3v) is 3.62. The van der Waals surface area contributed by atoms with E-state index in [0.717, 1.165) is 8.04 Å². The summed E-state index contributed by atoms with van der Waals surface area (Å²) in [5.74, 6) is 0.757. The number of hydrogen-bond acceptors (Lipinski definition) is 4. The second-order valence-electron chi connectivity index (χ2n) is 3.64. The third-order valence-electron chi connectivity index (χ3n) is 2.34. The van der Waals surface area contributed by atoms with Crippen molar-refractivity contribution < 1.29 is 9.84 Å². The number of phenolic OH excluding ortho intramolecular Hbond substituents is 1. The number of phenols is 1. The van der Waals surface area contributed by atoms with Crippen LogP contribution in [0.15, 0.2) is 39.9 Å². The van der Waals surface area contributed by atoms with Gasteiger partial charge < -0.3 is 9.84 Å². The van der Waals surface area contributed by atoms with Crippen LogP contribution in [0.25, 0.3) is 0 Å². The van der Waals surface area contributed by atoms with Crippen molar-refractivity contribution in [3.05, 3.63) is 44.1 Å². The zero-order valence-electron chi connectivity index (χ0n) is 9.97. The minimum Gasteiger partial charge on any atom is -0.506 e. The number of methoxy groups -OCH3 is 1. The number of rotatable bonds is 3. The van der Waals surface area contributed by atoms with Gasteiger partial charge in [-0.1, -0.05) is 15.9 Å². The molecule has 0 bridgehead atoms. The van der Waals surface area contributed by atoms with Gasteiger partial charge in [-0.3, -0.25) is 4.99 Å². The van der Waals surface area contributed by atoms with Gasteiger partial charge in [0.05, 0.1) is 22.6 Å². The first-order chi connectivity index (χ1) is 9.10. The Hall–Kier alpha value is -1.15. The van der Waals surface area contributed by atoms with Crippen molar-refractivity contribution in [2.45, 2.75) is 0 Å². The Kier molecular flexibility index (Phi) is 4.76. The highest BCUT2D eigenvalue weighted by Gasteiger charge is 2.05. The van der Waals surface area contributed by atoms with Gasteiger partial charge >= 0.3 is 0 Å². The first-order valence-electron chi connectivity index (χ1n) is 5.32. The molecule has 0 spiro atoms. The van der Waals surface area contributed by atoms with E-state index in [1.807, 2.05) is 6.07 Å². The van der Waals surface area contributed by atoms with Gasteiger partial charge in [-0.15, -0.1) is 0 Å². The molecule has 0 aliphatic rings. The fourth-order valence-corrected chi connectivity index (χ4v) is 2.95. The minimum atomic E-state index is 0.217. The van der Waals surface area contributed by atoms with E-state index in [4.69, 9.17) is 4.74 Å². The summed E-state index contributed by atoms with van der Waals surface area (Å²) in [6.07, 6.45) is 3.21. The molecule has 0 fully saturated rings. The summed E-state index contributed by atoms with van der Waals surface area (Å²) in [5.41, 5.74) is 1.34. The lowest BCUT2D eigenvalue weighted by Gasteiger charge is -2.03. The largest absolute Gasteiger partial charge is 0.506 e. The molecule has 0 saturated carbocycles. The van der Waals surface area contributed by atoms with Gasteiger partial charge in [-0.2, -0.15) is 0 Å². The van der Waals surface area contributed by atoms with Crippen LogP contribution in [0, 0.1) is 3.57 Å². The lowest BCUT2D eigenvalue weighted by Crippen LogP contribution is -1.87. The Morgan fingerprint density at radius 3 is 2.84 bits per heavy atom. The van der Waals surface area contributed by atoms with E-state index in [1.54, 1.807) is 37.7 Å². The summed E-state index contributed by atoms with van der Waals surface area (Å²) in [4.78, 5) is 8.33. The molecule has 0 aliphatic carbocycles. The highest BCUT2D eigenvalue weighted by molar-refractivity contribution is 14.1. The molecule has 2 aromatic rings. The highest BCUT2D eigenvalue weighted by Crippen LogP contribution is 2.28. The average molecular weight is 433 g/mol. The molecule has 0 atom stereocenters. The Labute approximate surface area is 132 Å². The van der Waals surface area contributed by atoms with Gasteiger partial charge in [0.1, 0.15) is 5.75 Å². The number of aromatic hydroxyl groups is 1. The van der Waals surface area contributed by atoms with Gasteiger partial charge in [-0.25, -0.2) is 4.98 Å². The van der Waals surface area contributed by atoms with Crippen LogP contribution in [0.5, 0.6) is 11.6 Å². The van der Waals surface area contributed by atoms with Gasteiger partial charge in [0, 0.05) is 22.3 Å². The molecule has 0 saturated heterocycles. The van der Waals surface area contributed by atoms with Crippen LogP contribution in [-0.4, -0.2) is 23.4 Å². The van der Waals surface area contributed by atoms with E-state index in [2.05, 4.69) is 48.5 Å². The number of aliphatic imine (C=N–C) groups is 1. The van der Waals surface area contributed by atoms with Crippen molar-refractivity contribution in [2.75, 3.05) is 7.11 Å². The summed E-state index contributed by atoms with van der Waals surface area (Å²) in [5, 5.41) is 9.93. The van der Waals surface area contributed by atoms with Crippen LogP contribution in [0.1, 0.15) is 5.56 Å². The third kappa shape index (κ3) is 3.66. The first-order valence-corrected chi connectivity index (χ1v) is 7.19. The Balaban J connectivity index is 2.27. The topological polar surface area (TPSA) is 54.7 Å². The van der Waals surface area contributed by atoms with E-state index >= 15 is 0 Å². The molecule has 4 nitrogen and oxygen atoms in total. The van der Waals surface area contributed by atoms with Gasteiger partial charge in [0.25, 0.3) is 0 Å². The molecule has 2 rings (SSSR count). The second-order valence-corrected chi connectivity index (χ2v) is 5.72. The first kappa shape index (κ1) is 14.3. The van der Waals surface area contributed by atoms with Crippen LogP contribution in [-0.2, 0) is 0 Å². The molecule has 1 aromatic heterocycles. The predicted octanol–water partition coefficient (Wildman–Crippen LogP) is 3.91. The molecule has 1 heterocycles. The van der Waals surface area contributed by atoms with Gasteiger partial charge in [0.15, 0.2) is 0 Å². The van der Waals surface area contributed by atoms with Crippen molar-refractivity contribution in [1.29, 1.82) is 0 Å². The smallest absolute Gasteiger partial charge is 0.213 e. The summed E-state index contributed by atoms with van der Waals surface area (Å²) < 4.78 is 6.63. The maximum atomic E-state index is 9.93. The van der Waals surface area contributed by atoms with Crippen LogP contribution < -0.4 is 4.74 Å². The molecular formula is C13H10BrIN2O2. The molecule has 19 heavy (non-hydrogen) atoms. The van der Waals surface area contributed by atoms with Gasteiger partial charge in [0.2, 0.25) is 5.88 Å². The molecule has 0 aliphatic heterocycles. The van der Waals surface area contributed by atoms with Gasteiger partial charge in [-0.05, 0) is 40.8 Å². The molecular weight excluding hydrogens is 423 g/mol. The zero-order chi connectivity index (χ0) is 13.8. The minimum absolute atomic E-state index is 0.217. The van der Waals surface area contributed by atoms with Crippen LogP contribution in [0.3, 0.4) is 0 Å². The molecule has 98 valence electrons. The Morgan fingerprint density at radius 2 is 2.21 bits per heavy atom. The summed E-state index contributed by atoms with van der Waals surface area (Å²) in [7, 11) is 1.56. The standard InChI is InChI=1S/C13H10BrIN2O2/c1-19-12-3-2-10(7-17-12)16-6-8-4-9(14)5-11(15)13(8)18/h2-7,18H,1H3. The molecule has 0 unspecified atom stereocenters. The predicted molar refractivity (Wildman–Crippen MR) is 86.6 cm³/mol. The fourth-order valence-electron chi connectivity index (χ4n) is 1.40. The Bertz CT molecular complexity index is 615. The van der Waals surface area contributed by atoms with Crippen molar-refractivity contribution in [3.8, 4) is 11.6 Å². The van der Waals surface area contributed by atoms with Crippen molar-refractivity contribution >= 4 is 50.4 Å². The monoisotopic (exact) mass is 432 g/mol. The average Bonchev–Trinajstić information content (AvgIpc) is 2.41. The molecule has 6 heteroatoms. The summed E-state index contributed by atoms with van der Waals surface area (Å²) in [6.45, 7) is 0. The molecule has 0 amide bonds. The van der Waals surface area contributed by atoms with Crippen molar-refractivity contribution in [3.63, 3.8) is 0 Å². The lowest BCUT2D eigenvalue weighted by atomic mass is 10.2. The molecule has 1 aromatic carbocycles. The molecule has 1 N–H and O–H groups in total. The number of aromatic nitrogens is 1. The SMILES string of the molecule is COc1ccc(N=Cc2cc(Br)cc(I)c2O)cn1. The number of hydrogen-bond donors (Lipinski definition) is 1. The van der Waals surface area contributed by atoms with Crippen LogP contribution in [0.2, 0.25) is 0 Å². The number of benzene rings is 1. The van der Waals surface area contributed by atoms with E-state index < -0.39 is 0 Å². The van der Waals surface area contributed by atoms with E-state index in [-0.39, 0.29) is 5.75 Å². The number of halogens is 2. The van der Waals surface area contributed by atoms with Crippen LogP contribution >= 0.6 is 38.5 Å². The van der Waals surface area contributed by atoms with Crippen LogP contribution in [0.4, 0.5) is 5.69 Å². The summed E-state index contributed by atoms with van der Waals surface area (Å²) in [6, 6.07) is 7.17. The number of pyridine rings is 1. The maximum absolute atomic E-state index is 9.93. The Morgan fingerprint density at radius 1 is 1.42 bits per heavy atom. The van der Waals surface area contributed by atoms with Crippen molar-refractivity contribution in [1.82, 2.24) is 4.98 Å². The second kappa shape index (κ2) is 6.33. The fraction of sp³-hybridized carbons (Fsp3) is 0.0769. The quantitative estimate of drug-likeness (QED) is 0.590. The van der Waals surface area contributed by atoms with E-state index in [0.29, 0.717) is 17.1 Å². The number of nitrogens with zero attached hydrogens (tertiary/aromatic N) is 2. The number of ether oxygens (including phenoxy) is 1. The zero-order valence-corrected chi connectivity index (χ0v) is 13.7. The maximum Gasteiger partial charge on any atom is 0.213 e. The highest BCUT2D eigenvalue weighted by atomic mass is 127. The normalized spacial score (nSPS) is 10.9. The molecule has 0 radical (unpaired) electrons.